The van der Waals surface area contributed by atoms with Crippen LogP contribution >= 0.6 is 0 Å². The Hall–Kier alpha value is -2.01. The molecule has 0 radical (unpaired) electrons. The number of hydrogen-bond acceptors (Lipinski definition) is 5. The maximum atomic E-state index is 5.50. The number of nitrogens with two attached hydrogens (primary N) is 1. The zero-order valence-electron chi connectivity index (χ0n) is 10.9. The molecule has 5 nitrogen and oxygen atoms in total. The minimum absolute atomic E-state index is 0.570. The molecule has 5 heteroatoms. The Kier molecular flexibility index (Phi) is 3.13. The molecule has 0 aliphatic heterocycles. The number of nitrogens with one attached hydrogen (secondary N) is 1. The summed E-state index contributed by atoms with van der Waals surface area (Å²) in [6, 6.07) is 3.90. The lowest BCUT2D eigenvalue weighted by molar-refractivity contribution is 0.984. The topological polar surface area (TPSA) is 76.7 Å². The van der Waals surface area contributed by atoms with Crippen molar-refractivity contribution in [3.05, 3.63) is 35.8 Å². The summed E-state index contributed by atoms with van der Waals surface area (Å²) in [5, 5.41) is 0. The van der Waals surface area contributed by atoms with Gasteiger partial charge < -0.3 is 5.43 Å². The minimum atomic E-state index is 0.570. The van der Waals surface area contributed by atoms with Crippen molar-refractivity contribution in [3.63, 3.8) is 0 Å². The third kappa shape index (κ3) is 2.42. The number of rotatable bonds is 4. The number of aromatic nitrogens is 3. The molecule has 0 atom stereocenters. The monoisotopic (exact) mass is 255 g/mol. The zero-order chi connectivity index (χ0) is 13.2. The molecular weight excluding hydrogens is 238 g/mol. The van der Waals surface area contributed by atoms with E-state index < -0.39 is 0 Å². The Bertz CT molecular complexity index is 592. The fraction of sp³-hybridized carbons (Fsp3) is 0.357. The third-order valence-corrected chi connectivity index (χ3v) is 3.41. The van der Waals surface area contributed by atoms with Gasteiger partial charge in [0.25, 0.3) is 0 Å². The van der Waals surface area contributed by atoms with Gasteiger partial charge in [0.15, 0.2) is 5.82 Å². The average molecular weight is 255 g/mol. The summed E-state index contributed by atoms with van der Waals surface area (Å²) in [6.45, 7) is 2.10. The molecule has 2 heterocycles. The normalized spacial score (nSPS) is 14.4. The Morgan fingerprint density at radius 3 is 2.89 bits per heavy atom. The molecule has 2 aromatic heterocycles. The Morgan fingerprint density at radius 1 is 1.37 bits per heavy atom. The molecule has 0 unspecified atom stereocenters. The molecule has 0 saturated heterocycles. The van der Waals surface area contributed by atoms with E-state index in [9.17, 15) is 0 Å². The highest BCUT2D eigenvalue weighted by Gasteiger charge is 2.26. The molecule has 0 spiro atoms. The van der Waals surface area contributed by atoms with Crippen molar-refractivity contribution in [1.29, 1.82) is 0 Å². The van der Waals surface area contributed by atoms with Gasteiger partial charge in [-0.1, -0.05) is 6.92 Å². The van der Waals surface area contributed by atoms with Crippen LogP contribution in [0.25, 0.3) is 11.4 Å². The van der Waals surface area contributed by atoms with Crippen molar-refractivity contribution < 1.29 is 0 Å². The Balaban J connectivity index is 2.10. The highest BCUT2D eigenvalue weighted by atomic mass is 15.3. The molecule has 0 aromatic carbocycles. The largest absolute Gasteiger partial charge is 0.308 e. The lowest BCUT2D eigenvalue weighted by atomic mass is 10.1. The molecule has 1 aliphatic carbocycles. The fourth-order valence-corrected chi connectivity index (χ4v) is 2.18. The number of aryl methyl sites for hydroxylation is 1. The van der Waals surface area contributed by atoms with Crippen LogP contribution in [0, 0.1) is 0 Å². The van der Waals surface area contributed by atoms with Crippen molar-refractivity contribution >= 4 is 5.82 Å². The summed E-state index contributed by atoms with van der Waals surface area (Å²) in [5.41, 5.74) is 5.90. The third-order valence-electron chi connectivity index (χ3n) is 3.41. The number of anilines is 1. The van der Waals surface area contributed by atoms with E-state index in [-0.39, 0.29) is 0 Å². The first-order valence-corrected chi connectivity index (χ1v) is 6.60. The van der Waals surface area contributed by atoms with Crippen LogP contribution in [0.5, 0.6) is 0 Å². The Labute approximate surface area is 112 Å². The van der Waals surface area contributed by atoms with Gasteiger partial charge in [0.1, 0.15) is 5.82 Å². The molecule has 2 aromatic rings. The van der Waals surface area contributed by atoms with Crippen molar-refractivity contribution in [2.24, 2.45) is 5.84 Å². The molecular formula is C14H17N5. The summed E-state index contributed by atoms with van der Waals surface area (Å²) >= 11 is 0. The van der Waals surface area contributed by atoms with Crippen molar-refractivity contribution in [1.82, 2.24) is 15.0 Å². The van der Waals surface area contributed by atoms with E-state index in [1.54, 1.807) is 6.20 Å². The SMILES string of the molecule is CCc1cnccc1-c1nc(NN)cc(C2CC2)n1. The van der Waals surface area contributed by atoms with E-state index in [1.165, 1.54) is 12.8 Å². The quantitative estimate of drug-likeness (QED) is 0.647. The molecule has 98 valence electrons. The number of pyridine rings is 1. The fourth-order valence-electron chi connectivity index (χ4n) is 2.18. The van der Waals surface area contributed by atoms with E-state index in [0.29, 0.717) is 11.7 Å². The summed E-state index contributed by atoms with van der Waals surface area (Å²) < 4.78 is 0. The second-order valence-electron chi connectivity index (χ2n) is 4.81. The molecule has 0 amide bonds. The van der Waals surface area contributed by atoms with Crippen LogP contribution in [-0.2, 0) is 6.42 Å². The van der Waals surface area contributed by atoms with Crippen LogP contribution in [0.4, 0.5) is 5.82 Å². The van der Waals surface area contributed by atoms with Gasteiger partial charge in [0.05, 0.1) is 0 Å². The van der Waals surface area contributed by atoms with E-state index in [1.807, 2.05) is 18.3 Å². The standard InChI is InChI=1S/C14H17N5/c1-2-9-8-16-6-5-11(9)14-17-12(10-3-4-10)7-13(18-14)19-15/h5-8,10H,2-4,15H2,1H3,(H,17,18,19). The van der Waals surface area contributed by atoms with Gasteiger partial charge in [0, 0.05) is 35.6 Å². The van der Waals surface area contributed by atoms with Crippen molar-refractivity contribution in [2.75, 3.05) is 5.43 Å². The van der Waals surface area contributed by atoms with E-state index in [4.69, 9.17) is 5.84 Å². The van der Waals surface area contributed by atoms with Gasteiger partial charge in [-0.3, -0.25) is 4.98 Å². The summed E-state index contributed by atoms with van der Waals surface area (Å²) in [5.74, 6) is 7.48. The predicted molar refractivity (Wildman–Crippen MR) is 74.4 cm³/mol. The smallest absolute Gasteiger partial charge is 0.162 e. The van der Waals surface area contributed by atoms with Crippen LogP contribution in [0.2, 0.25) is 0 Å². The summed E-state index contributed by atoms with van der Waals surface area (Å²) in [7, 11) is 0. The number of hydrazine groups is 1. The van der Waals surface area contributed by atoms with Crippen LogP contribution in [0.15, 0.2) is 24.5 Å². The van der Waals surface area contributed by atoms with Crippen LogP contribution in [0.3, 0.4) is 0 Å². The highest BCUT2D eigenvalue weighted by Crippen LogP contribution is 2.40. The Morgan fingerprint density at radius 2 is 2.21 bits per heavy atom. The van der Waals surface area contributed by atoms with Crippen molar-refractivity contribution in [2.45, 2.75) is 32.1 Å². The molecule has 0 bridgehead atoms. The van der Waals surface area contributed by atoms with E-state index in [0.717, 1.165) is 29.1 Å². The maximum Gasteiger partial charge on any atom is 0.162 e. The van der Waals surface area contributed by atoms with Crippen LogP contribution < -0.4 is 11.3 Å². The minimum Gasteiger partial charge on any atom is -0.308 e. The van der Waals surface area contributed by atoms with Gasteiger partial charge in [0.2, 0.25) is 0 Å². The van der Waals surface area contributed by atoms with Crippen molar-refractivity contribution in [3.8, 4) is 11.4 Å². The lowest BCUT2D eigenvalue weighted by Gasteiger charge is -2.09. The second kappa shape index (κ2) is 4.93. The molecule has 1 fully saturated rings. The second-order valence-corrected chi connectivity index (χ2v) is 4.81. The van der Waals surface area contributed by atoms with Gasteiger partial charge in [-0.25, -0.2) is 15.8 Å². The first-order chi connectivity index (χ1) is 9.31. The maximum absolute atomic E-state index is 5.50. The summed E-state index contributed by atoms with van der Waals surface area (Å²) in [4.78, 5) is 13.3. The molecule has 19 heavy (non-hydrogen) atoms. The first kappa shape index (κ1) is 12.0. The van der Waals surface area contributed by atoms with Gasteiger partial charge in [-0.2, -0.15) is 0 Å². The highest BCUT2D eigenvalue weighted by molar-refractivity contribution is 5.61. The number of nitrogens with zero attached hydrogens (tertiary/aromatic N) is 3. The predicted octanol–water partition coefficient (Wildman–Crippen LogP) is 2.26. The van der Waals surface area contributed by atoms with Crippen LogP contribution in [0.1, 0.15) is 36.9 Å². The van der Waals surface area contributed by atoms with E-state index in [2.05, 4.69) is 27.3 Å². The van der Waals surface area contributed by atoms with Gasteiger partial charge in [-0.15, -0.1) is 0 Å². The molecule has 1 aliphatic rings. The van der Waals surface area contributed by atoms with Gasteiger partial charge >= 0.3 is 0 Å². The molecule has 3 N–H and O–H groups in total. The summed E-state index contributed by atoms with van der Waals surface area (Å²) in [6.07, 6.45) is 6.97. The molecule has 1 saturated carbocycles. The van der Waals surface area contributed by atoms with Crippen LogP contribution in [-0.4, -0.2) is 15.0 Å². The number of hydrogen-bond donors (Lipinski definition) is 2. The number of nitrogen functional groups attached to an aromatic ring is 1. The van der Waals surface area contributed by atoms with Gasteiger partial charge in [-0.05, 0) is 30.9 Å². The van der Waals surface area contributed by atoms with E-state index >= 15 is 0 Å². The lowest BCUT2D eigenvalue weighted by Crippen LogP contribution is -2.10. The molecule has 3 rings (SSSR count). The zero-order valence-corrected chi connectivity index (χ0v) is 10.9. The average Bonchev–Trinajstić information content (AvgIpc) is 3.31. The first-order valence-electron chi connectivity index (χ1n) is 6.60.